The zero-order chi connectivity index (χ0) is 21.3. The summed E-state index contributed by atoms with van der Waals surface area (Å²) in [5, 5.41) is 12.0. The van der Waals surface area contributed by atoms with Gasteiger partial charge in [0.2, 0.25) is 0 Å². The highest BCUT2D eigenvalue weighted by molar-refractivity contribution is 6.46. The molecular weight excluding hydrogens is 380 g/mol. The number of aromatic amines is 1. The summed E-state index contributed by atoms with van der Waals surface area (Å²) in [6.07, 6.45) is 3.99. The number of pyridine rings is 1. The van der Waals surface area contributed by atoms with Crippen LogP contribution in [0, 0.1) is 0 Å². The third-order valence-electron chi connectivity index (χ3n) is 5.36. The fourth-order valence-electron chi connectivity index (χ4n) is 3.93. The Bertz CT molecular complexity index is 1120. The van der Waals surface area contributed by atoms with Crippen LogP contribution >= 0.6 is 0 Å². The summed E-state index contributed by atoms with van der Waals surface area (Å²) in [5.41, 5.74) is 1.97. The molecule has 30 heavy (non-hydrogen) atoms. The lowest BCUT2D eigenvalue weighted by Gasteiger charge is -2.25. The average molecular weight is 404 g/mol. The zero-order valence-electron chi connectivity index (χ0n) is 17.0. The van der Waals surface area contributed by atoms with Crippen LogP contribution in [0.1, 0.15) is 23.7 Å². The van der Waals surface area contributed by atoms with Gasteiger partial charge in [-0.05, 0) is 45.3 Å². The van der Waals surface area contributed by atoms with E-state index >= 15 is 0 Å². The molecule has 2 N–H and O–H groups in total. The number of rotatable bonds is 6. The molecule has 0 bridgehead atoms. The van der Waals surface area contributed by atoms with Crippen LogP contribution in [0.25, 0.3) is 16.7 Å². The van der Waals surface area contributed by atoms with E-state index in [1.165, 1.54) is 4.90 Å². The molecule has 1 fully saturated rings. The van der Waals surface area contributed by atoms with Gasteiger partial charge in [-0.2, -0.15) is 0 Å². The van der Waals surface area contributed by atoms with E-state index in [1.54, 1.807) is 24.5 Å². The molecule has 1 atom stereocenters. The quantitative estimate of drug-likeness (QED) is 0.375. The molecular formula is C23H24N4O3. The number of nitrogens with one attached hydrogen (secondary N) is 1. The van der Waals surface area contributed by atoms with Crippen molar-refractivity contribution in [1.29, 1.82) is 0 Å². The minimum Gasteiger partial charge on any atom is -0.507 e. The number of hydrogen-bond acceptors (Lipinski definition) is 5. The van der Waals surface area contributed by atoms with E-state index in [9.17, 15) is 14.7 Å². The predicted octanol–water partition coefficient (Wildman–Crippen LogP) is 2.94. The van der Waals surface area contributed by atoms with Gasteiger partial charge in [-0.15, -0.1) is 0 Å². The summed E-state index contributed by atoms with van der Waals surface area (Å²) in [7, 11) is 3.92. The highest BCUT2D eigenvalue weighted by Gasteiger charge is 2.46. The Balaban J connectivity index is 1.83. The molecule has 0 saturated carbocycles. The van der Waals surface area contributed by atoms with Crippen molar-refractivity contribution in [1.82, 2.24) is 19.8 Å². The van der Waals surface area contributed by atoms with Crippen LogP contribution in [0.5, 0.6) is 0 Å². The third-order valence-corrected chi connectivity index (χ3v) is 5.36. The Morgan fingerprint density at radius 1 is 1.17 bits per heavy atom. The van der Waals surface area contributed by atoms with E-state index in [0.717, 1.165) is 17.4 Å². The monoisotopic (exact) mass is 404 g/mol. The summed E-state index contributed by atoms with van der Waals surface area (Å²) in [4.78, 5) is 37.0. The number of carbonyl (C=O) groups is 2. The van der Waals surface area contributed by atoms with Crippen LogP contribution in [-0.2, 0) is 9.59 Å². The molecule has 1 saturated heterocycles. The van der Waals surface area contributed by atoms with Gasteiger partial charge in [0.15, 0.2) is 0 Å². The first-order chi connectivity index (χ1) is 14.5. The van der Waals surface area contributed by atoms with Gasteiger partial charge in [0.25, 0.3) is 11.7 Å². The summed E-state index contributed by atoms with van der Waals surface area (Å²) in [6.45, 7) is 1.18. The normalized spacial score (nSPS) is 18.6. The maximum atomic E-state index is 13.0. The predicted molar refractivity (Wildman–Crippen MR) is 115 cm³/mol. The minimum atomic E-state index is -0.720. The summed E-state index contributed by atoms with van der Waals surface area (Å²) < 4.78 is 0. The van der Waals surface area contributed by atoms with Gasteiger partial charge in [0, 0.05) is 35.4 Å². The molecule has 0 radical (unpaired) electrons. The van der Waals surface area contributed by atoms with E-state index < -0.39 is 17.7 Å². The molecule has 0 unspecified atom stereocenters. The number of ketones is 1. The number of carbonyl (C=O) groups excluding carboxylic acids is 2. The molecule has 0 spiro atoms. The number of nitrogens with zero attached hydrogens (tertiary/aromatic N) is 3. The topological polar surface area (TPSA) is 89.5 Å². The van der Waals surface area contributed by atoms with E-state index in [1.807, 2.05) is 49.3 Å². The number of para-hydroxylation sites is 1. The van der Waals surface area contributed by atoms with Gasteiger partial charge in [-0.25, -0.2) is 0 Å². The molecule has 154 valence electrons. The molecule has 7 heteroatoms. The number of benzene rings is 1. The standard InChI is InChI=1S/C23H24N4O3/c1-26(2)12-7-13-27-20(18-10-5-6-11-24-18)19(22(29)23(27)30)21(28)16-14-25-17-9-4-3-8-15(16)17/h3-6,8-11,14,20,25,28H,7,12-13H2,1-2H3/b21-19+/t20-/m1/s1. The van der Waals surface area contributed by atoms with Crippen LogP contribution < -0.4 is 0 Å². The number of Topliss-reactive ketones (excluding diaryl/α,β-unsaturated/α-hetero) is 1. The summed E-state index contributed by atoms with van der Waals surface area (Å²) >= 11 is 0. The van der Waals surface area contributed by atoms with Crippen molar-refractivity contribution >= 4 is 28.4 Å². The number of aromatic nitrogens is 2. The van der Waals surface area contributed by atoms with Gasteiger partial charge in [0.05, 0.1) is 11.3 Å². The highest BCUT2D eigenvalue weighted by atomic mass is 16.3. The van der Waals surface area contributed by atoms with E-state index in [2.05, 4.69) is 9.97 Å². The van der Waals surface area contributed by atoms with Crippen molar-refractivity contribution in [3.05, 3.63) is 71.7 Å². The van der Waals surface area contributed by atoms with Gasteiger partial charge < -0.3 is 19.9 Å². The van der Waals surface area contributed by atoms with Crippen molar-refractivity contribution in [2.24, 2.45) is 0 Å². The second kappa shape index (κ2) is 8.12. The highest BCUT2D eigenvalue weighted by Crippen LogP contribution is 2.39. The van der Waals surface area contributed by atoms with Crippen molar-refractivity contribution in [2.45, 2.75) is 12.5 Å². The minimum absolute atomic E-state index is 0.0771. The molecule has 3 aromatic rings. The second-order valence-corrected chi connectivity index (χ2v) is 7.65. The van der Waals surface area contributed by atoms with Crippen LogP contribution in [0.2, 0.25) is 0 Å². The lowest BCUT2D eigenvalue weighted by Crippen LogP contribution is -2.32. The van der Waals surface area contributed by atoms with E-state index in [4.69, 9.17) is 0 Å². The van der Waals surface area contributed by atoms with Crippen LogP contribution in [0.3, 0.4) is 0 Å². The number of aliphatic hydroxyl groups is 1. The van der Waals surface area contributed by atoms with E-state index in [0.29, 0.717) is 24.2 Å². The molecule has 0 aliphatic carbocycles. The fourth-order valence-corrected chi connectivity index (χ4v) is 3.93. The lowest BCUT2D eigenvalue weighted by atomic mass is 9.98. The largest absolute Gasteiger partial charge is 0.507 e. The van der Waals surface area contributed by atoms with Crippen molar-refractivity contribution < 1.29 is 14.7 Å². The fraction of sp³-hybridized carbons (Fsp3) is 0.261. The number of amides is 1. The molecule has 1 aliphatic rings. The molecule has 4 rings (SSSR count). The smallest absolute Gasteiger partial charge is 0.295 e. The van der Waals surface area contributed by atoms with E-state index in [-0.39, 0.29) is 11.3 Å². The molecule has 7 nitrogen and oxygen atoms in total. The van der Waals surface area contributed by atoms with Crippen molar-refractivity contribution in [2.75, 3.05) is 27.2 Å². The van der Waals surface area contributed by atoms with Crippen molar-refractivity contribution in [3.63, 3.8) is 0 Å². The van der Waals surface area contributed by atoms with Crippen LogP contribution in [-0.4, -0.2) is 63.7 Å². The van der Waals surface area contributed by atoms with Gasteiger partial charge in [-0.1, -0.05) is 24.3 Å². The van der Waals surface area contributed by atoms with Crippen molar-refractivity contribution in [3.8, 4) is 0 Å². The van der Waals surface area contributed by atoms with Crippen LogP contribution in [0.15, 0.2) is 60.4 Å². The Hall–Kier alpha value is -3.45. The van der Waals surface area contributed by atoms with Crippen LogP contribution in [0.4, 0.5) is 0 Å². The average Bonchev–Trinajstić information content (AvgIpc) is 3.28. The van der Waals surface area contributed by atoms with Gasteiger partial charge >= 0.3 is 0 Å². The van der Waals surface area contributed by atoms with Gasteiger partial charge in [0.1, 0.15) is 11.8 Å². The lowest BCUT2D eigenvalue weighted by molar-refractivity contribution is -0.140. The molecule has 1 aromatic carbocycles. The number of aliphatic hydroxyl groups excluding tert-OH is 1. The SMILES string of the molecule is CN(C)CCCN1C(=O)C(=O)/C(=C(/O)c2c[nH]c3ccccc23)[C@H]1c1ccccn1. The molecule has 1 aliphatic heterocycles. The first kappa shape index (κ1) is 19.8. The Kier molecular flexibility index (Phi) is 5.37. The third kappa shape index (κ3) is 3.48. The molecule has 2 aromatic heterocycles. The number of H-pyrrole nitrogens is 1. The maximum absolute atomic E-state index is 13.0. The number of hydrogen-bond donors (Lipinski definition) is 2. The maximum Gasteiger partial charge on any atom is 0.295 e. The molecule has 3 heterocycles. The van der Waals surface area contributed by atoms with Gasteiger partial charge in [-0.3, -0.25) is 14.6 Å². The number of fused-ring (bicyclic) bond motifs is 1. The number of likely N-dealkylation sites (tertiary alicyclic amines) is 1. The summed E-state index contributed by atoms with van der Waals surface area (Å²) in [6, 6.07) is 12.2. The Labute approximate surface area is 174 Å². The zero-order valence-corrected chi connectivity index (χ0v) is 17.0. The molecule has 1 amide bonds. The Morgan fingerprint density at radius 3 is 2.67 bits per heavy atom. The first-order valence-electron chi connectivity index (χ1n) is 9.89. The second-order valence-electron chi connectivity index (χ2n) is 7.65. The first-order valence-corrected chi connectivity index (χ1v) is 9.89. The Morgan fingerprint density at radius 2 is 1.93 bits per heavy atom. The summed E-state index contributed by atoms with van der Waals surface area (Å²) in [5.74, 6) is -1.47.